The first kappa shape index (κ1) is 27.5. The molecule has 1 fully saturated rings. The van der Waals surface area contributed by atoms with E-state index in [1.165, 1.54) is 11.8 Å². The largest absolute Gasteiger partial charge is 0.490 e. The van der Waals surface area contributed by atoms with E-state index in [4.69, 9.17) is 18.9 Å². The summed E-state index contributed by atoms with van der Waals surface area (Å²) in [6, 6.07) is 25.2. The minimum atomic E-state index is -0.130. The van der Waals surface area contributed by atoms with Gasteiger partial charge in [-0.15, -0.1) is 0 Å². The van der Waals surface area contributed by atoms with Gasteiger partial charge in [0.25, 0.3) is 5.91 Å². The Labute approximate surface area is 253 Å². The first-order chi connectivity index (χ1) is 19.0. The molecule has 0 saturated carbocycles. The van der Waals surface area contributed by atoms with Crippen molar-refractivity contribution < 1.29 is 18.7 Å². The summed E-state index contributed by atoms with van der Waals surface area (Å²) in [6.45, 7) is 3.14. The van der Waals surface area contributed by atoms with Crippen molar-refractivity contribution in [2.24, 2.45) is 4.99 Å². The highest BCUT2D eigenvalue weighted by molar-refractivity contribution is 14.1. The molecule has 198 valence electrons. The molecule has 0 bridgehead atoms. The number of ether oxygens (including phenoxy) is 2. The Hall–Kier alpha value is -3.02. The van der Waals surface area contributed by atoms with E-state index in [9.17, 15) is 4.79 Å². The smallest absolute Gasteiger partial charge is 0.267 e. The summed E-state index contributed by atoms with van der Waals surface area (Å²) >= 11 is 7.06. The van der Waals surface area contributed by atoms with Crippen molar-refractivity contribution in [3.8, 4) is 11.5 Å². The Kier molecular flexibility index (Phi) is 9.10. The minimum Gasteiger partial charge on any atom is -0.490 e. The van der Waals surface area contributed by atoms with Gasteiger partial charge in [0.05, 0.1) is 33.6 Å². The number of amides is 1. The Morgan fingerprint density at radius 1 is 1.05 bits per heavy atom. The van der Waals surface area contributed by atoms with Gasteiger partial charge in [0.1, 0.15) is 12.4 Å². The van der Waals surface area contributed by atoms with Crippen LogP contribution in [0.4, 0.5) is 5.69 Å². The fraction of sp³-hybridized carbons (Fsp3) is 0.133. The number of thioether (sulfide) groups is 1. The maximum atomic E-state index is 13.5. The summed E-state index contributed by atoms with van der Waals surface area (Å²) in [4.78, 5) is 20.5. The van der Waals surface area contributed by atoms with Gasteiger partial charge < -0.3 is 13.9 Å². The van der Waals surface area contributed by atoms with E-state index in [0.717, 1.165) is 24.9 Å². The van der Waals surface area contributed by atoms with Crippen LogP contribution in [0, 0.1) is 3.57 Å². The van der Waals surface area contributed by atoms with Crippen LogP contribution in [-0.4, -0.2) is 22.6 Å². The summed E-state index contributed by atoms with van der Waals surface area (Å²) in [5.74, 6) is 1.87. The third kappa shape index (κ3) is 6.95. The summed E-state index contributed by atoms with van der Waals surface area (Å²) in [5.41, 5.74) is 2.67. The third-order valence-corrected chi connectivity index (χ3v) is 8.03. The van der Waals surface area contributed by atoms with Crippen LogP contribution < -0.4 is 9.47 Å². The van der Waals surface area contributed by atoms with Gasteiger partial charge in [-0.2, -0.15) is 0 Å². The van der Waals surface area contributed by atoms with Crippen LogP contribution in [0.1, 0.15) is 23.8 Å². The molecule has 2 heterocycles. The van der Waals surface area contributed by atoms with Gasteiger partial charge in [-0.05, 0) is 107 Å². The molecular formula is C30H24BrIN2O4S. The molecule has 0 unspecified atom stereocenters. The predicted molar refractivity (Wildman–Crippen MR) is 167 cm³/mol. The molecule has 0 spiro atoms. The van der Waals surface area contributed by atoms with E-state index < -0.39 is 0 Å². The number of para-hydroxylation sites is 1. The highest BCUT2D eigenvalue weighted by atomic mass is 127. The molecule has 9 heteroatoms. The Balaban J connectivity index is 1.44. The lowest BCUT2D eigenvalue weighted by molar-refractivity contribution is -0.122. The molecule has 0 radical (unpaired) electrons. The standard InChI is InChI=1S/C30H24BrIN2O4S/c1-2-36-26-16-21(15-25(32)28(26)38-19-20-10-12-22(31)13-11-20)17-27-29(35)34(18-24-9-6-14-37-24)30(39-27)33-23-7-4-3-5-8-23/h3-17H,2,18-19H2,1H3/b27-17-,33-30?. The Morgan fingerprint density at radius 2 is 1.85 bits per heavy atom. The lowest BCUT2D eigenvalue weighted by atomic mass is 10.1. The number of rotatable bonds is 9. The first-order valence-corrected chi connectivity index (χ1v) is 14.9. The number of carbonyl (C=O) groups is 1. The van der Waals surface area contributed by atoms with Crippen molar-refractivity contribution in [2.75, 3.05) is 6.61 Å². The molecule has 6 nitrogen and oxygen atoms in total. The second kappa shape index (κ2) is 12.9. The number of hydrogen-bond donors (Lipinski definition) is 0. The molecule has 0 N–H and O–H groups in total. The molecule has 1 aromatic heterocycles. The van der Waals surface area contributed by atoms with Crippen molar-refractivity contribution in [3.63, 3.8) is 0 Å². The topological polar surface area (TPSA) is 64.3 Å². The van der Waals surface area contributed by atoms with Crippen LogP contribution >= 0.6 is 50.3 Å². The normalized spacial score (nSPS) is 15.4. The highest BCUT2D eigenvalue weighted by Crippen LogP contribution is 2.39. The fourth-order valence-electron chi connectivity index (χ4n) is 3.86. The van der Waals surface area contributed by atoms with Crippen molar-refractivity contribution in [2.45, 2.75) is 20.1 Å². The van der Waals surface area contributed by atoms with Crippen LogP contribution in [0.25, 0.3) is 6.08 Å². The number of nitrogens with zero attached hydrogens (tertiary/aromatic N) is 2. The molecule has 1 amide bonds. The summed E-state index contributed by atoms with van der Waals surface area (Å²) in [6.07, 6.45) is 3.48. The van der Waals surface area contributed by atoms with E-state index >= 15 is 0 Å². The summed E-state index contributed by atoms with van der Waals surface area (Å²) in [5, 5.41) is 0.600. The zero-order valence-corrected chi connectivity index (χ0v) is 25.5. The quantitative estimate of drug-likeness (QED) is 0.129. The molecule has 3 aromatic carbocycles. The van der Waals surface area contributed by atoms with Crippen molar-refractivity contribution in [1.29, 1.82) is 0 Å². The molecular weight excluding hydrogens is 691 g/mol. The summed E-state index contributed by atoms with van der Waals surface area (Å²) < 4.78 is 19.5. The van der Waals surface area contributed by atoms with E-state index in [2.05, 4.69) is 38.5 Å². The number of aliphatic imine (C=N–C) groups is 1. The minimum absolute atomic E-state index is 0.130. The molecule has 0 atom stereocenters. The number of benzene rings is 3. The lowest BCUT2D eigenvalue weighted by Gasteiger charge is -2.15. The fourth-order valence-corrected chi connectivity index (χ4v) is 5.91. The molecule has 0 aliphatic carbocycles. The van der Waals surface area contributed by atoms with E-state index in [1.807, 2.05) is 91.9 Å². The molecule has 39 heavy (non-hydrogen) atoms. The number of amidine groups is 1. The van der Waals surface area contributed by atoms with Gasteiger partial charge in [0.15, 0.2) is 16.7 Å². The van der Waals surface area contributed by atoms with Crippen molar-refractivity contribution in [1.82, 2.24) is 4.90 Å². The monoisotopic (exact) mass is 714 g/mol. The SMILES string of the molecule is CCOc1cc(/C=C2\SC(=Nc3ccccc3)N(Cc3ccco3)C2=O)cc(I)c1OCc1ccc(Br)cc1. The van der Waals surface area contributed by atoms with Crippen LogP contribution in [0.3, 0.4) is 0 Å². The van der Waals surface area contributed by atoms with Gasteiger partial charge in [0.2, 0.25) is 0 Å². The van der Waals surface area contributed by atoms with E-state index in [-0.39, 0.29) is 5.91 Å². The second-order valence-corrected chi connectivity index (χ2v) is 11.6. The van der Waals surface area contributed by atoms with E-state index in [0.29, 0.717) is 47.1 Å². The predicted octanol–water partition coefficient (Wildman–Crippen LogP) is 8.43. The van der Waals surface area contributed by atoms with Crippen LogP contribution in [0.15, 0.2) is 104 Å². The lowest BCUT2D eigenvalue weighted by Crippen LogP contribution is -2.28. The van der Waals surface area contributed by atoms with Crippen molar-refractivity contribution >= 4 is 73.1 Å². The average Bonchev–Trinajstić information content (AvgIpc) is 3.54. The second-order valence-electron chi connectivity index (χ2n) is 8.49. The number of hydrogen-bond acceptors (Lipinski definition) is 6. The summed E-state index contributed by atoms with van der Waals surface area (Å²) in [7, 11) is 0. The van der Waals surface area contributed by atoms with Crippen LogP contribution in [-0.2, 0) is 17.9 Å². The van der Waals surface area contributed by atoms with Gasteiger partial charge in [-0.25, -0.2) is 4.99 Å². The Morgan fingerprint density at radius 3 is 2.56 bits per heavy atom. The molecule has 5 rings (SSSR count). The number of carbonyl (C=O) groups excluding carboxylic acids is 1. The number of halogens is 2. The molecule has 1 aliphatic rings. The highest BCUT2D eigenvalue weighted by Gasteiger charge is 2.34. The van der Waals surface area contributed by atoms with E-state index in [1.54, 1.807) is 11.2 Å². The third-order valence-electron chi connectivity index (χ3n) is 5.69. The molecule has 4 aromatic rings. The van der Waals surface area contributed by atoms with Crippen LogP contribution in [0.5, 0.6) is 11.5 Å². The number of furan rings is 1. The maximum Gasteiger partial charge on any atom is 0.267 e. The van der Waals surface area contributed by atoms with Gasteiger partial charge >= 0.3 is 0 Å². The van der Waals surface area contributed by atoms with Gasteiger partial charge in [-0.1, -0.05) is 46.3 Å². The van der Waals surface area contributed by atoms with Crippen LogP contribution in [0.2, 0.25) is 0 Å². The Bertz CT molecular complexity index is 1510. The van der Waals surface area contributed by atoms with Gasteiger partial charge in [-0.3, -0.25) is 9.69 Å². The molecule has 1 aliphatic heterocycles. The average molecular weight is 715 g/mol. The zero-order chi connectivity index (χ0) is 27.2. The van der Waals surface area contributed by atoms with Crippen molar-refractivity contribution in [3.05, 3.63) is 115 Å². The molecule has 1 saturated heterocycles. The van der Waals surface area contributed by atoms with Gasteiger partial charge in [0, 0.05) is 4.47 Å². The zero-order valence-electron chi connectivity index (χ0n) is 21.0. The first-order valence-electron chi connectivity index (χ1n) is 12.2. The maximum absolute atomic E-state index is 13.5.